The minimum atomic E-state index is -0.242. The third-order valence-electron chi connectivity index (χ3n) is 4.07. The molecule has 4 N–H and O–H groups in total. The lowest BCUT2D eigenvalue weighted by Crippen LogP contribution is -2.49. The average molecular weight is 281 g/mol. The van der Waals surface area contributed by atoms with Crippen molar-refractivity contribution >= 4 is 11.9 Å². The van der Waals surface area contributed by atoms with Crippen molar-refractivity contribution < 1.29 is 4.79 Å². The summed E-state index contributed by atoms with van der Waals surface area (Å²) in [4.78, 5) is 17.3. The van der Waals surface area contributed by atoms with Crippen molar-refractivity contribution in [1.82, 2.24) is 15.5 Å². The Balaban J connectivity index is 1.63. The number of carbonyl (C=O) groups excluding carboxylic acids is 1. The number of nitrogens with zero attached hydrogens (tertiary/aromatic N) is 2. The van der Waals surface area contributed by atoms with E-state index in [0.29, 0.717) is 12.6 Å². The van der Waals surface area contributed by atoms with Crippen molar-refractivity contribution in [3.8, 4) is 0 Å². The molecule has 1 amide bonds. The number of hydrogen-bond donors (Lipinski definition) is 3. The number of carbonyl (C=O) groups is 1. The summed E-state index contributed by atoms with van der Waals surface area (Å²) in [6.45, 7) is 3.21. The third kappa shape index (κ3) is 5.36. The van der Waals surface area contributed by atoms with Crippen LogP contribution in [0, 0.1) is 5.92 Å². The van der Waals surface area contributed by atoms with Crippen molar-refractivity contribution in [2.75, 3.05) is 33.2 Å². The summed E-state index contributed by atoms with van der Waals surface area (Å²) >= 11 is 0. The van der Waals surface area contributed by atoms with E-state index in [1.165, 1.54) is 19.3 Å². The normalized spacial score (nSPS) is 21.8. The van der Waals surface area contributed by atoms with Crippen molar-refractivity contribution in [3.63, 3.8) is 0 Å². The van der Waals surface area contributed by atoms with Crippen LogP contribution in [0.4, 0.5) is 0 Å². The van der Waals surface area contributed by atoms with E-state index in [2.05, 4.69) is 20.5 Å². The quantitative estimate of drug-likeness (QED) is 0.469. The summed E-state index contributed by atoms with van der Waals surface area (Å²) in [6.07, 6.45) is 6.09. The number of hydrogen-bond acceptors (Lipinski definition) is 3. The lowest BCUT2D eigenvalue weighted by Gasteiger charge is -2.32. The van der Waals surface area contributed by atoms with Gasteiger partial charge in [0, 0.05) is 32.7 Å². The second-order valence-corrected chi connectivity index (χ2v) is 5.89. The second kappa shape index (κ2) is 7.47. The van der Waals surface area contributed by atoms with Crippen LogP contribution < -0.4 is 16.4 Å². The summed E-state index contributed by atoms with van der Waals surface area (Å²) in [5, 5.41) is 6.85. The Bertz CT molecular complexity index is 345. The summed E-state index contributed by atoms with van der Waals surface area (Å²) in [5.41, 5.74) is 5.22. The third-order valence-corrected chi connectivity index (χ3v) is 4.07. The van der Waals surface area contributed by atoms with Gasteiger partial charge in [-0.1, -0.05) is 12.8 Å². The van der Waals surface area contributed by atoms with Crippen LogP contribution in [0.25, 0.3) is 0 Å². The zero-order valence-corrected chi connectivity index (χ0v) is 12.4. The van der Waals surface area contributed by atoms with E-state index in [1.807, 2.05) is 7.05 Å². The van der Waals surface area contributed by atoms with Crippen LogP contribution in [0.15, 0.2) is 4.99 Å². The van der Waals surface area contributed by atoms with E-state index in [4.69, 9.17) is 5.73 Å². The van der Waals surface area contributed by atoms with Gasteiger partial charge in [0.1, 0.15) is 0 Å². The Morgan fingerprint density at radius 1 is 1.30 bits per heavy atom. The van der Waals surface area contributed by atoms with Gasteiger partial charge in [0.2, 0.25) is 5.91 Å². The van der Waals surface area contributed by atoms with Gasteiger partial charge in [0.15, 0.2) is 5.96 Å². The van der Waals surface area contributed by atoms with Gasteiger partial charge < -0.3 is 16.4 Å². The van der Waals surface area contributed by atoms with Gasteiger partial charge in [-0.05, 0) is 25.2 Å². The molecular formula is C14H27N5O. The van der Waals surface area contributed by atoms with Gasteiger partial charge in [-0.3, -0.25) is 14.7 Å². The average Bonchev–Trinajstić information content (AvgIpc) is 3.23. The van der Waals surface area contributed by atoms with Crippen LogP contribution in [-0.4, -0.2) is 56.0 Å². The zero-order chi connectivity index (χ0) is 14.4. The maximum Gasteiger partial charge on any atom is 0.231 e. The molecule has 1 aliphatic heterocycles. The topological polar surface area (TPSA) is 82.8 Å². The number of primary amides is 1. The highest BCUT2D eigenvalue weighted by molar-refractivity contribution is 5.80. The molecular weight excluding hydrogens is 254 g/mol. The molecule has 2 fully saturated rings. The molecule has 6 heteroatoms. The Morgan fingerprint density at radius 2 is 2.00 bits per heavy atom. The summed E-state index contributed by atoms with van der Waals surface area (Å²) < 4.78 is 0. The monoisotopic (exact) mass is 281 g/mol. The molecule has 0 aromatic heterocycles. The van der Waals surface area contributed by atoms with Gasteiger partial charge >= 0.3 is 0 Å². The van der Waals surface area contributed by atoms with E-state index < -0.39 is 0 Å². The molecule has 0 radical (unpaired) electrons. The van der Waals surface area contributed by atoms with Gasteiger partial charge in [-0.15, -0.1) is 0 Å². The molecule has 1 saturated carbocycles. The lowest BCUT2D eigenvalue weighted by molar-refractivity contribution is -0.119. The molecule has 2 aliphatic rings. The molecule has 20 heavy (non-hydrogen) atoms. The number of nitrogens with one attached hydrogen (secondary N) is 2. The van der Waals surface area contributed by atoms with Crippen LogP contribution in [-0.2, 0) is 4.79 Å². The maximum absolute atomic E-state index is 10.9. The zero-order valence-electron chi connectivity index (χ0n) is 12.4. The number of likely N-dealkylation sites (tertiary alicyclic amines) is 1. The second-order valence-electron chi connectivity index (χ2n) is 5.89. The highest BCUT2D eigenvalue weighted by Crippen LogP contribution is 2.31. The summed E-state index contributed by atoms with van der Waals surface area (Å²) in [7, 11) is 1.81. The number of aliphatic imine (C=N–C) groups is 1. The number of nitrogens with two attached hydrogens (primary N) is 1. The SMILES string of the molecule is CN=C(NCCC1CC1)NC1CCN(CC(N)=O)CC1. The first-order valence-corrected chi connectivity index (χ1v) is 7.65. The number of amides is 1. The van der Waals surface area contributed by atoms with Gasteiger partial charge in [0.05, 0.1) is 6.54 Å². The highest BCUT2D eigenvalue weighted by Gasteiger charge is 2.22. The first-order chi connectivity index (χ1) is 9.67. The van der Waals surface area contributed by atoms with Crippen molar-refractivity contribution in [2.45, 2.75) is 38.1 Å². The molecule has 1 saturated heterocycles. The summed E-state index contributed by atoms with van der Waals surface area (Å²) in [6, 6.07) is 0.436. The van der Waals surface area contributed by atoms with Crippen molar-refractivity contribution in [2.24, 2.45) is 16.6 Å². The molecule has 1 heterocycles. The van der Waals surface area contributed by atoms with E-state index in [0.717, 1.165) is 44.4 Å². The number of guanidine groups is 1. The van der Waals surface area contributed by atoms with Crippen molar-refractivity contribution in [1.29, 1.82) is 0 Å². The molecule has 0 aromatic rings. The molecule has 0 unspecified atom stereocenters. The van der Waals surface area contributed by atoms with Crippen molar-refractivity contribution in [3.05, 3.63) is 0 Å². The lowest BCUT2D eigenvalue weighted by atomic mass is 10.1. The minimum Gasteiger partial charge on any atom is -0.369 e. The van der Waals surface area contributed by atoms with Gasteiger partial charge in [-0.25, -0.2) is 0 Å². The largest absolute Gasteiger partial charge is 0.369 e. The first kappa shape index (κ1) is 15.1. The molecule has 0 atom stereocenters. The first-order valence-electron chi connectivity index (χ1n) is 7.65. The molecule has 1 aliphatic carbocycles. The predicted octanol–water partition coefficient (Wildman–Crippen LogP) is -0.0988. The molecule has 0 bridgehead atoms. The molecule has 0 spiro atoms. The van der Waals surface area contributed by atoms with Crippen LogP contribution >= 0.6 is 0 Å². The Kier molecular flexibility index (Phi) is 5.64. The molecule has 2 rings (SSSR count). The molecule has 6 nitrogen and oxygen atoms in total. The van der Waals surface area contributed by atoms with E-state index in [-0.39, 0.29) is 5.91 Å². The van der Waals surface area contributed by atoms with E-state index >= 15 is 0 Å². The standard InChI is InChI=1S/C14H27N5O/c1-16-14(17-7-4-11-2-3-11)18-12-5-8-19(9-6-12)10-13(15)20/h11-12H,2-10H2,1H3,(H2,15,20)(H2,16,17,18). The summed E-state index contributed by atoms with van der Waals surface area (Å²) in [5.74, 6) is 1.60. The van der Waals surface area contributed by atoms with E-state index in [1.54, 1.807) is 0 Å². The Hall–Kier alpha value is -1.30. The van der Waals surface area contributed by atoms with E-state index in [9.17, 15) is 4.79 Å². The number of rotatable bonds is 6. The molecule has 114 valence electrons. The van der Waals surface area contributed by atoms with Crippen LogP contribution in [0.5, 0.6) is 0 Å². The smallest absolute Gasteiger partial charge is 0.231 e. The molecule has 0 aromatic carbocycles. The fraction of sp³-hybridized carbons (Fsp3) is 0.857. The Labute approximate surface area is 121 Å². The number of piperidine rings is 1. The Morgan fingerprint density at radius 3 is 2.55 bits per heavy atom. The highest BCUT2D eigenvalue weighted by atomic mass is 16.1. The van der Waals surface area contributed by atoms with Crippen LogP contribution in [0.2, 0.25) is 0 Å². The van der Waals surface area contributed by atoms with Crippen LogP contribution in [0.1, 0.15) is 32.1 Å². The minimum absolute atomic E-state index is 0.242. The maximum atomic E-state index is 10.9. The fourth-order valence-electron chi connectivity index (χ4n) is 2.65. The van der Waals surface area contributed by atoms with Crippen LogP contribution in [0.3, 0.4) is 0 Å². The van der Waals surface area contributed by atoms with Gasteiger partial charge in [0.25, 0.3) is 0 Å². The fourth-order valence-corrected chi connectivity index (χ4v) is 2.65. The predicted molar refractivity (Wildman–Crippen MR) is 80.5 cm³/mol. The van der Waals surface area contributed by atoms with Gasteiger partial charge in [-0.2, -0.15) is 0 Å².